The fraction of sp³-hybridized carbons (Fsp3) is 0.152. The number of halogens is 1. The molecule has 6 nitrogen and oxygen atoms in total. The van der Waals surface area contributed by atoms with E-state index in [9.17, 15) is 0 Å². The van der Waals surface area contributed by atoms with Crippen molar-refractivity contribution in [2.75, 3.05) is 14.2 Å². The van der Waals surface area contributed by atoms with Crippen LogP contribution in [0.3, 0.4) is 0 Å². The molecule has 0 atom stereocenters. The van der Waals surface area contributed by atoms with Crippen LogP contribution in [0.1, 0.15) is 28.2 Å². The van der Waals surface area contributed by atoms with Gasteiger partial charge in [-0.1, -0.05) is 91.0 Å². The molecule has 6 aromatic rings. The van der Waals surface area contributed by atoms with Crippen LogP contribution in [-0.2, 0) is 18.0 Å². The fourth-order valence-electron chi connectivity index (χ4n) is 5.63. The Hall–Kier alpha value is -4.55. The van der Waals surface area contributed by atoms with E-state index in [2.05, 4.69) is 83.6 Å². The highest BCUT2D eigenvalue weighted by molar-refractivity contribution is 6.17. The lowest BCUT2D eigenvalue weighted by atomic mass is 9.76. The highest BCUT2D eigenvalue weighted by atomic mass is 35.5. The second-order valence-electron chi connectivity index (χ2n) is 9.48. The summed E-state index contributed by atoms with van der Waals surface area (Å²) in [5, 5.41) is 5.82. The fourth-order valence-corrected chi connectivity index (χ4v) is 5.83. The first-order valence-corrected chi connectivity index (χ1v) is 13.6. The first kappa shape index (κ1) is 25.7. The topological polar surface area (TPSA) is 54.1 Å². The Morgan fingerprint density at radius 3 is 1.77 bits per heavy atom. The molecule has 0 amide bonds. The van der Waals surface area contributed by atoms with E-state index in [0.29, 0.717) is 18.0 Å². The molecule has 0 unspecified atom stereocenters. The average molecular weight is 549 g/mol. The second kappa shape index (κ2) is 10.9. The van der Waals surface area contributed by atoms with E-state index in [-0.39, 0.29) is 5.88 Å². The standard InChI is InChI=1S/C33H29ClN4O2/c1-39-30-20-27-28(22-34)36-38(29(27)21-31(30)40-2)23-32-35-18-19-37(32)33(24-12-6-3-7-13-24,25-14-8-4-9-15-25)26-16-10-5-11-17-26/h3-21H,22-23H2,1-2H3. The van der Waals surface area contributed by atoms with Crippen LogP contribution in [0.2, 0.25) is 0 Å². The van der Waals surface area contributed by atoms with Gasteiger partial charge in [-0.15, -0.1) is 11.6 Å². The smallest absolute Gasteiger partial charge is 0.162 e. The number of fused-ring (bicyclic) bond motifs is 1. The molecular formula is C33H29ClN4O2. The van der Waals surface area contributed by atoms with E-state index in [1.807, 2.05) is 41.2 Å². The molecule has 2 heterocycles. The van der Waals surface area contributed by atoms with Crippen molar-refractivity contribution in [3.8, 4) is 11.5 Å². The molecule has 0 N–H and O–H groups in total. The number of imidazole rings is 1. The summed E-state index contributed by atoms with van der Waals surface area (Å²) in [7, 11) is 3.26. The molecule has 0 fully saturated rings. The van der Waals surface area contributed by atoms with Crippen molar-refractivity contribution in [3.05, 3.63) is 144 Å². The van der Waals surface area contributed by atoms with Gasteiger partial charge in [-0.3, -0.25) is 4.68 Å². The molecule has 0 aliphatic carbocycles. The van der Waals surface area contributed by atoms with Crippen molar-refractivity contribution in [2.45, 2.75) is 18.0 Å². The van der Waals surface area contributed by atoms with Gasteiger partial charge in [0, 0.05) is 23.8 Å². The third-order valence-corrected chi connectivity index (χ3v) is 7.66. The largest absolute Gasteiger partial charge is 0.493 e. The Labute approximate surface area is 238 Å². The number of nitrogens with zero attached hydrogens (tertiary/aromatic N) is 4. The minimum Gasteiger partial charge on any atom is -0.493 e. The second-order valence-corrected chi connectivity index (χ2v) is 9.75. The predicted octanol–water partition coefficient (Wildman–Crippen LogP) is 6.88. The van der Waals surface area contributed by atoms with Crippen LogP contribution in [0.5, 0.6) is 11.5 Å². The maximum atomic E-state index is 6.35. The first-order chi connectivity index (χ1) is 19.7. The number of ether oxygens (including phenoxy) is 2. The predicted molar refractivity (Wildman–Crippen MR) is 158 cm³/mol. The van der Waals surface area contributed by atoms with Gasteiger partial charge in [-0.2, -0.15) is 5.10 Å². The number of hydrogen-bond donors (Lipinski definition) is 0. The number of hydrogen-bond acceptors (Lipinski definition) is 4. The van der Waals surface area contributed by atoms with Crippen LogP contribution in [0, 0.1) is 0 Å². The molecule has 4 aromatic carbocycles. The van der Waals surface area contributed by atoms with Gasteiger partial charge in [0.05, 0.1) is 37.9 Å². The Balaban J connectivity index is 1.59. The van der Waals surface area contributed by atoms with E-state index < -0.39 is 5.54 Å². The minimum atomic E-state index is -0.672. The summed E-state index contributed by atoms with van der Waals surface area (Å²) in [5.74, 6) is 2.39. The SMILES string of the molecule is COc1cc2c(CCl)nn(Cc3nccn3C(c3ccccc3)(c3ccccc3)c3ccccc3)c2cc1OC. The van der Waals surface area contributed by atoms with Crippen LogP contribution >= 0.6 is 11.6 Å². The monoisotopic (exact) mass is 548 g/mol. The zero-order valence-corrected chi connectivity index (χ0v) is 23.1. The molecule has 0 aliphatic heterocycles. The summed E-state index contributed by atoms with van der Waals surface area (Å²) in [5.41, 5.74) is 4.39. The normalized spacial score (nSPS) is 11.6. The summed E-state index contributed by atoms with van der Waals surface area (Å²) in [4.78, 5) is 4.89. The molecule has 0 saturated heterocycles. The van der Waals surface area contributed by atoms with Gasteiger partial charge in [0.25, 0.3) is 0 Å². The lowest BCUT2D eigenvalue weighted by Crippen LogP contribution is -2.39. The highest BCUT2D eigenvalue weighted by Gasteiger charge is 2.39. The summed E-state index contributed by atoms with van der Waals surface area (Å²) in [6.45, 7) is 0.421. The van der Waals surface area contributed by atoms with Gasteiger partial charge >= 0.3 is 0 Å². The van der Waals surface area contributed by atoms with Crippen molar-refractivity contribution in [1.29, 1.82) is 0 Å². The molecule has 7 heteroatoms. The number of alkyl halides is 1. The van der Waals surface area contributed by atoms with Crippen molar-refractivity contribution in [1.82, 2.24) is 19.3 Å². The van der Waals surface area contributed by atoms with Crippen LogP contribution in [0.15, 0.2) is 116 Å². The lowest BCUT2D eigenvalue weighted by Gasteiger charge is -2.38. The molecule has 0 bridgehead atoms. The van der Waals surface area contributed by atoms with Crippen molar-refractivity contribution < 1.29 is 9.47 Å². The quantitative estimate of drug-likeness (QED) is 0.146. The van der Waals surface area contributed by atoms with Gasteiger partial charge in [0.2, 0.25) is 0 Å². The van der Waals surface area contributed by atoms with Crippen molar-refractivity contribution in [2.24, 2.45) is 0 Å². The van der Waals surface area contributed by atoms with Crippen LogP contribution in [-0.4, -0.2) is 33.6 Å². The molecule has 0 spiro atoms. The highest BCUT2D eigenvalue weighted by Crippen LogP contribution is 2.42. The Bertz CT molecular complexity index is 1630. The third kappa shape index (κ3) is 4.21. The molecule has 40 heavy (non-hydrogen) atoms. The van der Waals surface area contributed by atoms with Crippen molar-refractivity contribution in [3.63, 3.8) is 0 Å². The van der Waals surface area contributed by atoms with Crippen LogP contribution in [0.4, 0.5) is 0 Å². The number of methoxy groups -OCH3 is 2. The number of rotatable bonds is 9. The zero-order chi connectivity index (χ0) is 27.5. The maximum Gasteiger partial charge on any atom is 0.162 e. The van der Waals surface area contributed by atoms with Gasteiger partial charge < -0.3 is 14.0 Å². The molecule has 6 rings (SSSR count). The van der Waals surface area contributed by atoms with Crippen LogP contribution < -0.4 is 9.47 Å². The lowest BCUT2D eigenvalue weighted by molar-refractivity contribution is 0.355. The van der Waals surface area contributed by atoms with Gasteiger partial charge in [-0.25, -0.2) is 4.98 Å². The van der Waals surface area contributed by atoms with Gasteiger partial charge in [-0.05, 0) is 22.8 Å². The zero-order valence-electron chi connectivity index (χ0n) is 22.4. The van der Waals surface area contributed by atoms with E-state index in [1.54, 1.807) is 14.2 Å². The van der Waals surface area contributed by atoms with Crippen LogP contribution in [0.25, 0.3) is 10.9 Å². The van der Waals surface area contributed by atoms with E-state index in [0.717, 1.165) is 39.1 Å². The molecular weight excluding hydrogens is 520 g/mol. The number of benzene rings is 4. The summed E-state index contributed by atoms with van der Waals surface area (Å²) < 4.78 is 15.4. The van der Waals surface area contributed by atoms with E-state index >= 15 is 0 Å². The van der Waals surface area contributed by atoms with Gasteiger partial charge in [0.15, 0.2) is 11.5 Å². The molecule has 0 saturated carbocycles. The summed E-state index contributed by atoms with van der Waals surface area (Å²) in [6.07, 6.45) is 3.91. The first-order valence-electron chi connectivity index (χ1n) is 13.1. The summed E-state index contributed by atoms with van der Waals surface area (Å²) >= 11 is 6.35. The summed E-state index contributed by atoms with van der Waals surface area (Å²) in [6, 6.07) is 35.6. The Kier molecular flexibility index (Phi) is 7.01. The molecule has 0 aliphatic rings. The molecule has 200 valence electrons. The average Bonchev–Trinajstić information content (AvgIpc) is 3.63. The maximum absolute atomic E-state index is 6.35. The Morgan fingerprint density at radius 2 is 1.27 bits per heavy atom. The van der Waals surface area contributed by atoms with Crippen molar-refractivity contribution >= 4 is 22.5 Å². The third-order valence-electron chi connectivity index (χ3n) is 7.40. The van der Waals surface area contributed by atoms with E-state index in [4.69, 9.17) is 31.2 Å². The van der Waals surface area contributed by atoms with E-state index in [1.165, 1.54) is 0 Å². The van der Waals surface area contributed by atoms with Gasteiger partial charge in [0.1, 0.15) is 11.4 Å². The Morgan fingerprint density at radius 1 is 0.750 bits per heavy atom. The minimum absolute atomic E-state index is 0.273. The molecule has 0 radical (unpaired) electrons. The number of aromatic nitrogens is 4. The molecule has 2 aromatic heterocycles.